The van der Waals surface area contributed by atoms with Crippen molar-refractivity contribution in [3.63, 3.8) is 0 Å². The average Bonchev–Trinajstić information content (AvgIpc) is 2.82. The number of aryl methyl sites for hydroxylation is 1. The van der Waals surface area contributed by atoms with Crippen molar-refractivity contribution >= 4 is 49.6 Å². The Labute approximate surface area is 209 Å². The summed E-state index contributed by atoms with van der Waals surface area (Å²) in [5, 5.41) is 0.502. The van der Waals surface area contributed by atoms with Crippen LogP contribution in [0.4, 0.5) is 4.39 Å². The number of halogens is 2. The second-order valence-electron chi connectivity index (χ2n) is 7.47. The van der Waals surface area contributed by atoms with Crippen LogP contribution in [0.25, 0.3) is 10.9 Å². The SMILES string of the molecule is COC(=O)c1nc(I)c2cc(Cc3ccc(F)cc3)cnc2c1OS(=O)(=O)c1ccc(C)cc1. The molecular weight excluding hydrogens is 574 g/mol. The van der Waals surface area contributed by atoms with Gasteiger partial charge in [-0.1, -0.05) is 29.8 Å². The van der Waals surface area contributed by atoms with Gasteiger partial charge in [0.2, 0.25) is 5.75 Å². The van der Waals surface area contributed by atoms with E-state index < -0.39 is 16.1 Å². The van der Waals surface area contributed by atoms with Gasteiger partial charge in [-0.3, -0.25) is 4.98 Å². The fraction of sp³-hybridized carbons (Fsp3) is 0.125. The first-order valence-electron chi connectivity index (χ1n) is 10.00. The second kappa shape index (κ2) is 9.63. The van der Waals surface area contributed by atoms with Gasteiger partial charge in [-0.2, -0.15) is 8.42 Å². The standard InChI is InChI=1S/C24H18FIN2O5S/c1-14-3-9-18(10-4-14)34(30,31)33-22-20-19(23(26)28-21(22)24(29)32-2)12-16(13-27-20)11-15-5-7-17(25)8-6-15/h3-10,12-13H,11H2,1-2H3. The minimum absolute atomic E-state index is 0.0754. The molecule has 2 aromatic heterocycles. The summed E-state index contributed by atoms with van der Waals surface area (Å²) < 4.78 is 49.8. The first kappa shape index (κ1) is 24.0. The highest BCUT2D eigenvalue weighted by Gasteiger charge is 2.27. The zero-order valence-corrected chi connectivity index (χ0v) is 21.1. The smallest absolute Gasteiger partial charge is 0.360 e. The molecule has 34 heavy (non-hydrogen) atoms. The maximum atomic E-state index is 13.2. The van der Waals surface area contributed by atoms with Crippen LogP contribution in [0.5, 0.6) is 5.75 Å². The molecule has 7 nitrogen and oxygen atoms in total. The van der Waals surface area contributed by atoms with Crippen LogP contribution in [0.2, 0.25) is 0 Å². The highest BCUT2D eigenvalue weighted by Crippen LogP contribution is 2.33. The van der Waals surface area contributed by atoms with Gasteiger partial charge in [-0.25, -0.2) is 14.2 Å². The van der Waals surface area contributed by atoms with Crippen molar-refractivity contribution in [3.8, 4) is 5.75 Å². The van der Waals surface area contributed by atoms with Gasteiger partial charge in [-0.05, 0) is 77.4 Å². The van der Waals surface area contributed by atoms with E-state index in [4.69, 9.17) is 8.92 Å². The average molecular weight is 592 g/mol. The van der Waals surface area contributed by atoms with E-state index in [9.17, 15) is 17.6 Å². The van der Waals surface area contributed by atoms with Gasteiger partial charge in [0, 0.05) is 11.6 Å². The number of nitrogens with zero attached hydrogens (tertiary/aromatic N) is 2. The highest BCUT2D eigenvalue weighted by atomic mass is 127. The number of esters is 1. The molecule has 0 aliphatic carbocycles. The van der Waals surface area contributed by atoms with Gasteiger partial charge < -0.3 is 8.92 Å². The first-order valence-corrected chi connectivity index (χ1v) is 12.5. The monoisotopic (exact) mass is 592 g/mol. The second-order valence-corrected chi connectivity index (χ2v) is 10.0. The number of pyridine rings is 2. The summed E-state index contributed by atoms with van der Waals surface area (Å²) in [5.74, 6) is -1.49. The van der Waals surface area contributed by atoms with E-state index in [0.717, 1.165) is 16.7 Å². The lowest BCUT2D eigenvalue weighted by Crippen LogP contribution is -2.16. The summed E-state index contributed by atoms with van der Waals surface area (Å²) in [6.07, 6.45) is 2.02. The number of carbonyl (C=O) groups excluding carboxylic acids is 1. The number of methoxy groups -OCH3 is 1. The molecule has 0 radical (unpaired) electrons. The molecule has 0 spiro atoms. The predicted octanol–water partition coefficient (Wildman–Crippen LogP) is 4.83. The van der Waals surface area contributed by atoms with Crippen LogP contribution < -0.4 is 4.18 Å². The molecule has 0 saturated heterocycles. The van der Waals surface area contributed by atoms with Crippen LogP contribution >= 0.6 is 22.6 Å². The molecule has 174 valence electrons. The Hall–Kier alpha value is -3.12. The molecule has 10 heteroatoms. The molecule has 0 fully saturated rings. The van der Waals surface area contributed by atoms with Crippen molar-refractivity contribution in [3.05, 3.63) is 92.7 Å². The molecule has 4 rings (SSSR count). The Kier molecular flexibility index (Phi) is 6.80. The number of fused-ring (bicyclic) bond motifs is 1. The minimum Gasteiger partial charge on any atom is -0.464 e. The largest absolute Gasteiger partial charge is 0.464 e. The molecule has 0 aliphatic rings. The lowest BCUT2D eigenvalue weighted by molar-refractivity contribution is 0.0592. The molecule has 0 saturated carbocycles. The fourth-order valence-electron chi connectivity index (χ4n) is 3.28. The number of benzene rings is 2. The Morgan fingerprint density at radius 2 is 1.74 bits per heavy atom. The van der Waals surface area contributed by atoms with E-state index in [2.05, 4.69) is 9.97 Å². The van der Waals surface area contributed by atoms with E-state index in [1.165, 1.54) is 31.4 Å². The molecule has 0 bridgehead atoms. The molecule has 0 amide bonds. The predicted molar refractivity (Wildman–Crippen MR) is 132 cm³/mol. The van der Waals surface area contributed by atoms with Crippen molar-refractivity contribution in [2.24, 2.45) is 0 Å². The number of hydrogen-bond acceptors (Lipinski definition) is 7. The Morgan fingerprint density at radius 3 is 2.38 bits per heavy atom. The molecule has 0 N–H and O–H groups in total. The van der Waals surface area contributed by atoms with Crippen LogP contribution in [0.15, 0.2) is 65.7 Å². The quantitative estimate of drug-likeness (QED) is 0.137. The molecule has 0 unspecified atom stereocenters. The molecule has 2 aromatic carbocycles. The third kappa shape index (κ3) is 5.02. The van der Waals surface area contributed by atoms with Crippen molar-refractivity contribution in [2.45, 2.75) is 18.2 Å². The molecule has 2 heterocycles. The Morgan fingerprint density at radius 1 is 1.06 bits per heavy atom. The molecule has 0 aliphatic heterocycles. The van der Waals surface area contributed by atoms with Crippen molar-refractivity contribution in [2.75, 3.05) is 7.11 Å². The number of hydrogen-bond donors (Lipinski definition) is 0. The molecule has 4 aromatic rings. The Balaban J connectivity index is 1.82. The molecular formula is C24H18FIN2O5S. The van der Waals surface area contributed by atoms with E-state index in [1.807, 2.05) is 29.5 Å². The van der Waals surface area contributed by atoms with E-state index >= 15 is 0 Å². The van der Waals surface area contributed by atoms with Crippen LogP contribution in [0.1, 0.15) is 27.2 Å². The normalized spacial score (nSPS) is 11.4. The van der Waals surface area contributed by atoms with Crippen LogP contribution in [0.3, 0.4) is 0 Å². The summed E-state index contributed by atoms with van der Waals surface area (Å²) in [6.45, 7) is 1.83. The van der Waals surface area contributed by atoms with Gasteiger partial charge in [-0.15, -0.1) is 0 Å². The van der Waals surface area contributed by atoms with Gasteiger partial charge in [0.05, 0.1) is 7.11 Å². The van der Waals surface area contributed by atoms with Gasteiger partial charge in [0.1, 0.15) is 19.9 Å². The lowest BCUT2D eigenvalue weighted by Gasteiger charge is -2.14. The Bertz CT molecular complexity index is 1490. The van der Waals surface area contributed by atoms with Gasteiger partial charge in [0.15, 0.2) is 5.69 Å². The number of ether oxygens (including phenoxy) is 1. The van der Waals surface area contributed by atoms with Gasteiger partial charge >= 0.3 is 16.1 Å². The van der Waals surface area contributed by atoms with Crippen LogP contribution in [0, 0.1) is 16.4 Å². The lowest BCUT2D eigenvalue weighted by atomic mass is 10.0. The summed E-state index contributed by atoms with van der Waals surface area (Å²) >= 11 is 1.94. The summed E-state index contributed by atoms with van der Waals surface area (Å²) in [7, 11) is -3.12. The number of carbonyl (C=O) groups is 1. The van der Waals surface area contributed by atoms with E-state index in [1.54, 1.807) is 36.5 Å². The molecule has 0 atom stereocenters. The highest BCUT2D eigenvalue weighted by molar-refractivity contribution is 14.1. The third-order valence-corrected chi connectivity index (χ3v) is 7.07. The zero-order valence-electron chi connectivity index (χ0n) is 18.1. The zero-order chi connectivity index (χ0) is 24.5. The van der Waals surface area contributed by atoms with E-state index in [0.29, 0.717) is 15.5 Å². The van der Waals surface area contributed by atoms with Crippen LogP contribution in [-0.4, -0.2) is 31.5 Å². The number of rotatable bonds is 6. The van der Waals surface area contributed by atoms with E-state index in [-0.39, 0.29) is 27.7 Å². The van der Waals surface area contributed by atoms with Crippen molar-refractivity contribution in [1.82, 2.24) is 9.97 Å². The van der Waals surface area contributed by atoms with Crippen LogP contribution in [-0.2, 0) is 21.3 Å². The summed E-state index contributed by atoms with van der Waals surface area (Å²) in [5.41, 5.74) is 2.39. The number of aromatic nitrogens is 2. The first-order chi connectivity index (χ1) is 16.2. The summed E-state index contributed by atoms with van der Waals surface area (Å²) in [4.78, 5) is 21.0. The van der Waals surface area contributed by atoms with Gasteiger partial charge in [0.25, 0.3) is 0 Å². The maximum Gasteiger partial charge on any atom is 0.360 e. The third-order valence-electron chi connectivity index (χ3n) is 5.01. The topological polar surface area (TPSA) is 95.4 Å². The van der Waals surface area contributed by atoms with Crippen molar-refractivity contribution in [1.29, 1.82) is 0 Å². The maximum absolute atomic E-state index is 13.2. The summed E-state index contributed by atoms with van der Waals surface area (Å²) in [6, 6.07) is 14.0. The fourth-order valence-corrected chi connectivity index (χ4v) is 4.87. The van der Waals surface area contributed by atoms with Crippen molar-refractivity contribution < 1.29 is 26.5 Å². The minimum atomic E-state index is -4.29.